The van der Waals surface area contributed by atoms with Crippen LogP contribution in [0.4, 0.5) is 13.2 Å². The Bertz CT molecular complexity index is 1090. The van der Waals surface area contributed by atoms with Crippen molar-refractivity contribution in [2.24, 2.45) is 5.92 Å². The summed E-state index contributed by atoms with van der Waals surface area (Å²) in [5.41, 5.74) is 4.29. The van der Waals surface area contributed by atoms with Gasteiger partial charge in [0.25, 0.3) is 0 Å². The molecule has 6 nitrogen and oxygen atoms in total. The number of aryl methyl sites for hydroxylation is 3. The number of rotatable bonds is 2. The highest BCUT2D eigenvalue weighted by Crippen LogP contribution is 2.50. The lowest BCUT2D eigenvalue weighted by molar-refractivity contribution is -0.197. The highest BCUT2D eigenvalue weighted by molar-refractivity contribution is 5.73. The van der Waals surface area contributed by atoms with Gasteiger partial charge in [-0.1, -0.05) is 6.07 Å². The van der Waals surface area contributed by atoms with E-state index in [1.807, 2.05) is 39.0 Å². The van der Waals surface area contributed by atoms with Gasteiger partial charge < -0.3 is 4.74 Å². The van der Waals surface area contributed by atoms with E-state index in [0.717, 1.165) is 29.9 Å². The van der Waals surface area contributed by atoms with Crippen LogP contribution < -0.4 is 0 Å². The Hall–Kier alpha value is -2.68. The van der Waals surface area contributed by atoms with Crippen molar-refractivity contribution in [2.45, 2.75) is 64.5 Å². The quantitative estimate of drug-likeness (QED) is 0.513. The van der Waals surface area contributed by atoms with Crippen LogP contribution in [0.3, 0.4) is 0 Å². The van der Waals surface area contributed by atoms with Gasteiger partial charge >= 0.3 is 6.18 Å². The number of hydrogen-bond donors (Lipinski definition) is 0. The number of alkyl halides is 3. The van der Waals surface area contributed by atoms with E-state index in [-0.39, 0.29) is 24.7 Å². The molecule has 2 aliphatic rings. The molecule has 3 aromatic rings. The second kappa shape index (κ2) is 9.67. The van der Waals surface area contributed by atoms with Crippen molar-refractivity contribution in [3.8, 4) is 0 Å². The molecule has 5 rings (SSSR count). The summed E-state index contributed by atoms with van der Waals surface area (Å²) in [5, 5.41) is 0. The molecule has 0 spiro atoms. The van der Waals surface area contributed by atoms with Gasteiger partial charge in [-0.3, -0.25) is 4.98 Å². The van der Waals surface area contributed by atoms with Crippen molar-refractivity contribution in [3.05, 3.63) is 53.0 Å². The zero-order valence-corrected chi connectivity index (χ0v) is 19.1. The highest BCUT2D eigenvalue weighted by Gasteiger charge is 2.49. The fourth-order valence-electron chi connectivity index (χ4n) is 4.13. The molecule has 2 fully saturated rings. The lowest BCUT2D eigenvalue weighted by atomic mass is 9.72. The fourth-order valence-corrected chi connectivity index (χ4v) is 4.13. The Morgan fingerprint density at radius 3 is 2.15 bits per heavy atom. The molecule has 1 saturated carbocycles. The SMILES string of the molecule is Cc1ccccn1.Cc1nc2nc(C3CCOCC3)nc(C3CC(C(F)(F)F)C3)c2nc1C. The molecule has 0 atom stereocenters. The number of nitrogens with zero attached hydrogens (tertiary/aromatic N) is 5. The van der Waals surface area contributed by atoms with Crippen molar-refractivity contribution in [1.82, 2.24) is 24.9 Å². The van der Waals surface area contributed by atoms with E-state index in [1.54, 1.807) is 6.20 Å². The van der Waals surface area contributed by atoms with E-state index in [4.69, 9.17) is 9.72 Å². The summed E-state index contributed by atoms with van der Waals surface area (Å²) in [6.07, 6.45) is -0.580. The molecule has 1 aliphatic heterocycles. The molecular weight excluding hydrogens is 431 g/mol. The molecule has 0 unspecified atom stereocenters. The van der Waals surface area contributed by atoms with Gasteiger partial charge in [0.05, 0.1) is 23.0 Å². The van der Waals surface area contributed by atoms with E-state index < -0.39 is 12.1 Å². The van der Waals surface area contributed by atoms with Gasteiger partial charge in [-0.05, 0) is 58.6 Å². The van der Waals surface area contributed by atoms with Gasteiger partial charge in [0, 0.05) is 36.9 Å². The minimum absolute atomic E-state index is 0.0669. The van der Waals surface area contributed by atoms with Crippen LogP contribution in [0.2, 0.25) is 0 Å². The molecule has 0 aromatic carbocycles. The molecule has 33 heavy (non-hydrogen) atoms. The average Bonchev–Trinajstić information content (AvgIpc) is 2.74. The van der Waals surface area contributed by atoms with Crippen molar-refractivity contribution < 1.29 is 17.9 Å². The number of aromatic nitrogens is 5. The highest BCUT2D eigenvalue weighted by atomic mass is 19.4. The van der Waals surface area contributed by atoms with Crippen LogP contribution in [0.25, 0.3) is 11.2 Å². The van der Waals surface area contributed by atoms with E-state index in [9.17, 15) is 13.2 Å². The van der Waals surface area contributed by atoms with Gasteiger partial charge in [0.15, 0.2) is 5.65 Å². The second-order valence-corrected chi connectivity index (χ2v) is 8.80. The smallest absolute Gasteiger partial charge is 0.381 e. The summed E-state index contributed by atoms with van der Waals surface area (Å²) in [6, 6.07) is 5.86. The Morgan fingerprint density at radius 1 is 0.879 bits per heavy atom. The van der Waals surface area contributed by atoms with Gasteiger partial charge in [-0.25, -0.2) is 19.9 Å². The Balaban J connectivity index is 0.000000318. The van der Waals surface area contributed by atoms with Crippen molar-refractivity contribution >= 4 is 11.2 Å². The van der Waals surface area contributed by atoms with E-state index >= 15 is 0 Å². The van der Waals surface area contributed by atoms with Crippen molar-refractivity contribution in [3.63, 3.8) is 0 Å². The lowest BCUT2D eigenvalue weighted by Crippen LogP contribution is -2.35. The van der Waals surface area contributed by atoms with Gasteiger partial charge in [0.1, 0.15) is 11.3 Å². The second-order valence-electron chi connectivity index (χ2n) is 8.80. The summed E-state index contributed by atoms with van der Waals surface area (Å²) in [5.74, 6) is -0.650. The maximum absolute atomic E-state index is 12.9. The molecule has 0 bridgehead atoms. The molecule has 176 valence electrons. The number of halogens is 3. The maximum Gasteiger partial charge on any atom is 0.391 e. The third-order valence-electron chi connectivity index (χ3n) is 6.37. The normalized spacial score (nSPS) is 21.3. The predicted octanol–water partition coefficient (Wildman–Crippen LogP) is 5.38. The van der Waals surface area contributed by atoms with E-state index in [2.05, 4.69) is 19.9 Å². The van der Waals surface area contributed by atoms with Crippen LogP contribution in [0.1, 0.15) is 66.1 Å². The Morgan fingerprint density at radius 2 is 1.58 bits per heavy atom. The third-order valence-corrected chi connectivity index (χ3v) is 6.37. The third kappa shape index (κ3) is 5.46. The molecule has 0 radical (unpaired) electrons. The predicted molar refractivity (Wildman–Crippen MR) is 118 cm³/mol. The van der Waals surface area contributed by atoms with Crippen LogP contribution in [0.5, 0.6) is 0 Å². The standard InChI is InChI=1S/C18H21F3N4O.C6H7N/c1-9-10(2)23-17-15(22-9)14(12-7-13(8-12)18(19,20)21)24-16(25-17)11-3-5-26-6-4-11;1-6-4-2-3-5-7-6/h11-13H,3-8H2,1-2H3;2-5H,1H3. The summed E-state index contributed by atoms with van der Waals surface area (Å²) < 4.78 is 44.1. The first-order chi connectivity index (χ1) is 15.7. The summed E-state index contributed by atoms with van der Waals surface area (Å²) in [4.78, 5) is 22.4. The first kappa shape index (κ1) is 23.5. The number of pyridine rings is 1. The largest absolute Gasteiger partial charge is 0.391 e. The van der Waals surface area contributed by atoms with Crippen LogP contribution in [-0.2, 0) is 4.74 Å². The molecule has 0 amide bonds. The van der Waals surface area contributed by atoms with Gasteiger partial charge in [0.2, 0.25) is 0 Å². The number of hydrogen-bond acceptors (Lipinski definition) is 6. The number of fused-ring (bicyclic) bond motifs is 1. The molecule has 0 N–H and O–H groups in total. The van der Waals surface area contributed by atoms with Crippen molar-refractivity contribution in [1.29, 1.82) is 0 Å². The maximum atomic E-state index is 12.9. The Labute approximate surface area is 191 Å². The first-order valence-corrected chi connectivity index (χ1v) is 11.3. The minimum Gasteiger partial charge on any atom is -0.381 e. The zero-order chi connectivity index (χ0) is 23.6. The van der Waals surface area contributed by atoms with E-state index in [1.165, 1.54) is 0 Å². The van der Waals surface area contributed by atoms with Crippen LogP contribution in [0, 0.1) is 26.7 Å². The summed E-state index contributed by atoms with van der Waals surface area (Å²) in [7, 11) is 0. The van der Waals surface area contributed by atoms with Gasteiger partial charge in [-0.2, -0.15) is 13.2 Å². The molecule has 1 saturated heterocycles. The van der Waals surface area contributed by atoms with Crippen LogP contribution >= 0.6 is 0 Å². The van der Waals surface area contributed by atoms with Gasteiger partial charge in [-0.15, -0.1) is 0 Å². The average molecular weight is 460 g/mol. The summed E-state index contributed by atoms with van der Waals surface area (Å²) >= 11 is 0. The topological polar surface area (TPSA) is 73.7 Å². The van der Waals surface area contributed by atoms with Crippen molar-refractivity contribution in [2.75, 3.05) is 13.2 Å². The minimum atomic E-state index is -4.14. The van der Waals surface area contributed by atoms with Crippen LogP contribution in [-0.4, -0.2) is 44.3 Å². The van der Waals surface area contributed by atoms with E-state index in [0.29, 0.717) is 35.9 Å². The molecule has 9 heteroatoms. The molecule has 4 heterocycles. The molecule has 1 aliphatic carbocycles. The fraction of sp³-hybridized carbons (Fsp3) is 0.542. The summed E-state index contributed by atoms with van der Waals surface area (Å²) in [6.45, 7) is 6.98. The molecule has 3 aromatic heterocycles. The monoisotopic (exact) mass is 459 g/mol. The lowest BCUT2D eigenvalue weighted by Gasteiger charge is -2.36. The number of ether oxygens (including phenoxy) is 1. The zero-order valence-electron chi connectivity index (χ0n) is 19.1. The first-order valence-electron chi connectivity index (χ1n) is 11.3. The Kier molecular flexibility index (Phi) is 6.88. The van der Waals surface area contributed by atoms with Crippen LogP contribution in [0.15, 0.2) is 24.4 Å². The molecular formula is C24H28F3N5O.